The number of aromatic nitrogens is 5. The summed E-state index contributed by atoms with van der Waals surface area (Å²) in [4.78, 5) is 25.4. The predicted octanol–water partition coefficient (Wildman–Crippen LogP) is 2.92. The third-order valence-electron chi connectivity index (χ3n) is 4.39. The van der Waals surface area contributed by atoms with Gasteiger partial charge in [-0.25, -0.2) is 9.97 Å². The molecule has 0 spiro atoms. The maximum absolute atomic E-state index is 12.4. The fraction of sp³-hybridized carbons (Fsp3) is 0.250. The van der Waals surface area contributed by atoms with Crippen molar-refractivity contribution in [3.05, 3.63) is 71.8 Å². The average Bonchev–Trinajstić information content (AvgIpc) is 3.34. The van der Waals surface area contributed by atoms with Crippen LogP contribution in [0.3, 0.4) is 0 Å². The molecule has 0 aliphatic heterocycles. The summed E-state index contributed by atoms with van der Waals surface area (Å²) in [6.07, 6.45) is 6.82. The second-order valence-electron chi connectivity index (χ2n) is 6.86. The lowest BCUT2D eigenvalue weighted by molar-refractivity contribution is 0.0947. The number of nitrogens with one attached hydrogen (secondary N) is 1. The van der Waals surface area contributed by atoms with Crippen LogP contribution in [0, 0.1) is 0 Å². The minimum Gasteiger partial charge on any atom is -0.359 e. The van der Waals surface area contributed by atoms with Gasteiger partial charge in [0.05, 0.1) is 30.7 Å². The van der Waals surface area contributed by atoms with E-state index in [1.54, 1.807) is 24.8 Å². The second-order valence-corrected chi connectivity index (χ2v) is 6.86. The SMILES string of the molecule is CC(C)c1cc(CNC(=O)c2cnc3c(c2)ncn3Cc2cccnc2)on1. The molecule has 142 valence electrons. The largest absolute Gasteiger partial charge is 0.359 e. The van der Waals surface area contributed by atoms with E-state index in [1.165, 1.54) is 0 Å². The Kier molecular flexibility index (Phi) is 4.84. The molecule has 0 saturated carbocycles. The topological polar surface area (TPSA) is 98.7 Å². The first-order chi connectivity index (χ1) is 13.6. The second kappa shape index (κ2) is 7.59. The Balaban J connectivity index is 1.46. The van der Waals surface area contributed by atoms with Gasteiger partial charge in [0.25, 0.3) is 5.91 Å². The lowest BCUT2D eigenvalue weighted by Crippen LogP contribution is -2.22. The minimum absolute atomic E-state index is 0.237. The number of fused-ring (bicyclic) bond motifs is 1. The Bertz CT molecular complexity index is 1100. The molecule has 4 aromatic rings. The molecule has 0 radical (unpaired) electrons. The summed E-state index contributed by atoms with van der Waals surface area (Å²) in [5.41, 5.74) is 3.75. The highest BCUT2D eigenvalue weighted by molar-refractivity contribution is 5.96. The van der Waals surface area contributed by atoms with Crippen LogP contribution in [0.4, 0.5) is 0 Å². The normalized spacial score (nSPS) is 11.2. The van der Waals surface area contributed by atoms with Gasteiger partial charge in [0.15, 0.2) is 11.4 Å². The molecule has 0 unspecified atom stereocenters. The molecule has 1 N–H and O–H groups in total. The molecule has 0 fully saturated rings. The third-order valence-corrected chi connectivity index (χ3v) is 4.39. The van der Waals surface area contributed by atoms with Crippen LogP contribution < -0.4 is 5.32 Å². The molecule has 1 amide bonds. The first kappa shape index (κ1) is 17.8. The van der Waals surface area contributed by atoms with Crippen molar-refractivity contribution in [2.75, 3.05) is 0 Å². The number of imidazole rings is 1. The van der Waals surface area contributed by atoms with Crippen LogP contribution in [0.5, 0.6) is 0 Å². The first-order valence-electron chi connectivity index (χ1n) is 9.03. The van der Waals surface area contributed by atoms with E-state index in [4.69, 9.17) is 4.52 Å². The van der Waals surface area contributed by atoms with Crippen LogP contribution in [0.25, 0.3) is 11.2 Å². The van der Waals surface area contributed by atoms with Crippen LogP contribution in [-0.2, 0) is 13.1 Å². The number of rotatable bonds is 6. The summed E-state index contributed by atoms with van der Waals surface area (Å²) in [7, 11) is 0. The number of amides is 1. The third kappa shape index (κ3) is 3.75. The lowest BCUT2D eigenvalue weighted by Gasteiger charge is -2.05. The Labute approximate surface area is 161 Å². The molecule has 0 atom stereocenters. The number of pyridine rings is 2. The molecular weight excluding hydrogens is 356 g/mol. The van der Waals surface area contributed by atoms with Gasteiger partial charge in [0.2, 0.25) is 0 Å². The highest BCUT2D eigenvalue weighted by atomic mass is 16.5. The van der Waals surface area contributed by atoms with Crippen LogP contribution in [-0.4, -0.2) is 30.6 Å². The van der Waals surface area contributed by atoms with Crippen LogP contribution >= 0.6 is 0 Å². The summed E-state index contributed by atoms with van der Waals surface area (Å²) in [5.74, 6) is 0.659. The fourth-order valence-electron chi connectivity index (χ4n) is 2.83. The van der Waals surface area contributed by atoms with Gasteiger partial charge in [-0.2, -0.15) is 0 Å². The molecule has 4 heterocycles. The molecule has 4 aromatic heterocycles. The maximum Gasteiger partial charge on any atom is 0.253 e. The quantitative estimate of drug-likeness (QED) is 0.555. The zero-order valence-corrected chi connectivity index (χ0v) is 15.7. The monoisotopic (exact) mass is 376 g/mol. The highest BCUT2D eigenvalue weighted by Crippen LogP contribution is 2.15. The molecule has 8 heteroatoms. The fourth-order valence-corrected chi connectivity index (χ4v) is 2.83. The van der Waals surface area contributed by atoms with Crippen molar-refractivity contribution in [3.63, 3.8) is 0 Å². The number of hydrogen-bond acceptors (Lipinski definition) is 6. The van der Waals surface area contributed by atoms with Crippen LogP contribution in [0.1, 0.15) is 47.1 Å². The van der Waals surface area contributed by atoms with Crippen molar-refractivity contribution in [1.82, 2.24) is 30.0 Å². The van der Waals surface area contributed by atoms with Gasteiger partial charge in [-0.05, 0) is 23.6 Å². The van der Waals surface area contributed by atoms with Gasteiger partial charge in [-0.1, -0.05) is 25.1 Å². The van der Waals surface area contributed by atoms with Gasteiger partial charge in [-0.3, -0.25) is 9.78 Å². The maximum atomic E-state index is 12.4. The Morgan fingerprint density at radius 1 is 1.25 bits per heavy atom. The standard InChI is InChI=1S/C20H20N6O2/c1-13(2)17-7-16(28-25-17)10-23-20(27)15-6-18-19(22-9-15)26(12-24-18)11-14-4-3-5-21-8-14/h3-9,12-13H,10-11H2,1-2H3,(H,23,27). The number of carbonyl (C=O) groups is 1. The molecule has 0 aliphatic carbocycles. The Morgan fingerprint density at radius 2 is 2.14 bits per heavy atom. The molecule has 0 saturated heterocycles. The zero-order chi connectivity index (χ0) is 19.5. The predicted molar refractivity (Wildman–Crippen MR) is 103 cm³/mol. The molecule has 0 aromatic carbocycles. The van der Waals surface area contributed by atoms with Gasteiger partial charge in [-0.15, -0.1) is 0 Å². The zero-order valence-electron chi connectivity index (χ0n) is 15.7. The van der Waals surface area contributed by atoms with E-state index in [9.17, 15) is 4.79 Å². The molecule has 0 bridgehead atoms. The summed E-state index contributed by atoms with van der Waals surface area (Å²) in [6.45, 7) is 4.96. The van der Waals surface area contributed by atoms with Crippen molar-refractivity contribution >= 4 is 17.1 Å². The van der Waals surface area contributed by atoms with Crippen LogP contribution in [0.15, 0.2) is 53.7 Å². The molecule has 0 aliphatic rings. The molecular formula is C20H20N6O2. The number of hydrogen-bond donors (Lipinski definition) is 1. The number of nitrogens with zero attached hydrogens (tertiary/aromatic N) is 5. The summed E-state index contributed by atoms with van der Waals surface area (Å²) in [6, 6.07) is 7.47. The van der Waals surface area contributed by atoms with Crippen molar-refractivity contribution < 1.29 is 9.32 Å². The van der Waals surface area contributed by atoms with Crippen molar-refractivity contribution in [1.29, 1.82) is 0 Å². The molecule has 8 nitrogen and oxygen atoms in total. The Morgan fingerprint density at radius 3 is 2.89 bits per heavy atom. The van der Waals surface area contributed by atoms with Gasteiger partial charge in [0, 0.05) is 24.7 Å². The van der Waals surface area contributed by atoms with Gasteiger partial charge >= 0.3 is 0 Å². The summed E-state index contributed by atoms with van der Waals surface area (Å²) < 4.78 is 7.17. The van der Waals surface area contributed by atoms with Gasteiger partial charge in [0.1, 0.15) is 5.52 Å². The first-order valence-corrected chi connectivity index (χ1v) is 9.03. The van der Waals surface area contributed by atoms with Gasteiger partial charge < -0.3 is 14.4 Å². The Hall–Kier alpha value is -3.55. The average molecular weight is 376 g/mol. The van der Waals surface area contributed by atoms with E-state index in [0.29, 0.717) is 23.4 Å². The van der Waals surface area contributed by atoms with Crippen LogP contribution in [0.2, 0.25) is 0 Å². The number of carbonyl (C=O) groups excluding carboxylic acids is 1. The minimum atomic E-state index is -0.237. The van der Waals surface area contributed by atoms with E-state index >= 15 is 0 Å². The van der Waals surface area contributed by atoms with E-state index in [0.717, 1.165) is 16.9 Å². The summed E-state index contributed by atoms with van der Waals surface area (Å²) >= 11 is 0. The lowest BCUT2D eigenvalue weighted by atomic mass is 10.1. The molecule has 4 rings (SSSR count). The van der Waals surface area contributed by atoms with E-state index in [2.05, 4.69) is 25.4 Å². The molecule has 28 heavy (non-hydrogen) atoms. The van der Waals surface area contributed by atoms with E-state index < -0.39 is 0 Å². The van der Waals surface area contributed by atoms with Crippen molar-refractivity contribution in [2.45, 2.75) is 32.9 Å². The van der Waals surface area contributed by atoms with E-state index in [1.807, 2.05) is 42.8 Å². The van der Waals surface area contributed by atoms with E-state index in [-0.39, 0.29) is 18.4 Å². The van der Waals surface area contributed by atoms with Crippen molar-refractivity contribution in [2.24, 2.45) is 0 Å². The summed E-state index contributed by atoms with van der Waals surface area (Å²) in [5, 5.41) is 6.81. The highest BCUT2D eigenvalue weighted by Gasteiger charge is 2.13. The smallest absolute Gasteiger partial charge is 0.253 e. The van der Waals surface area contributed by atoms with Crippen molar-refractivity contribution in [3.8, 4) is 0 Å².